The highest BCUT2D eigenvalue weighted by molar-refractivity contribution is 5.95. The highest BCUT2D eigenvalue weighted by Gasteiger charge is 2.28. The Kier molecular flexibility index (Phi) is 10.5. The highest BCUT2D eigenvalue weighted by atomic mass is 19.4. The van der Waals surface area contributed by atoms with Gasteiger partial charge in [0.1, 0.15) is 18.0 Å². The second-order valence-electron chi connectivity index (χ2n) is 6.90. The summed E-state index contributed by atoms with van der Waals surface area (Å²) in [6.45, 7) is 2.86. The normalized spacial score (nSPS) is 11.2. The fourth-order valence-corrected chi connectivity index (χ4v) is 2.63. The van der Waals surface area contributed by atoms with Gasteiger partial charge in [0.2, 0.25) is 0 Å². The number of hydrogen-bond acceptors (Lipinski definition) is 7. The minimum absolute atomic E-state index is 0.00626. The number of nitrogens with one attached hydrogen (secondary N) is 2. The summed E-state index contributed by atoms with van der Waals surface area (Å²) < 4.78 is 49.3. The molecule has 1 heterocycles. The van der Waals surface area contributed by atoms with Crippen LogP contribution in [0.2, 0.25) is 0 Å². The van der Waals surface area contributed by atoms with Crippen LogP contribution < -0.4 is 15.4 Å². The van der Waals surface area contributed by atoms with Crippen molar-refractivity contribution in [1.29, 1.82) is 0 Å². The lowest BCUT2D eigenvalue weighted by Crippen LogP contribution is -2.33. The van der Waals surface area contributed by atoms with Crippen molar-refractivity contribution >= 4 is 11.8 Å². The molecule has 2 amide bonds. The number of nitrogens with zero attached hydrogens (tertiary/aromatic N) is 3. The number of hydrogen-bond donors (Lipinski definition) is 3. The molecule has 0 saturated carbocycles. The summed E-state index contributed by atoms with van der Waals surface area (Å²) in [5.41, 5.74) is 0.309. The number of halogens is 3. The number of carbonyl (C=O) groups is 2. The first-order chi connectivity index (χ1) is 16.2. The van der Waals surface area contributed by atoms with E-state index in [9.17, 15) is 22.8 Å². The van der Waals surface area contributed by atoms with Crippen LogP contribution >= 0.6 is 0 Å². The van der Waals surface area contributed by atoms with Gasteiger partial charge in [0.25, 0.3) is 11.8 Å². The highest BCUT2D eigenvalue weighted by Crippen LogP contribution is 2.25. The lowest BCUT2D eigenvalue weighted by molar-refractivity contribution is -0.123. The van der Waals surface area contributed by atoms with Gasteiger partial charge < -0.3 is 25.2 Å². The molecule has 0 aliphatic rings. The molecule has 1 aromatic heterocycles. The first-order valence-corrected chi connectivity index (χ1v) is 10.4. The van der Waals surface area contributed by atoms with Crippen LogP contribution in [0, 0.1) is 0 Å². The molecule has 0 spiro atoms. The van der Waals surface area contributed by atoms with Crippen LogP contribution in [0.5, 0.6) is 5.75 Å². The largest absolute Gasteiger partial charge is 0.491 e. The first-order valence-electron chi connectivity index (χ1n) is 10.4. The molecule has 0 aliphatic heterocycles. The van der Waals surface area contributed by atoms with Gasteiger partial charge in [0, 0.05) is 12.1 Å². The van der Waals surface area contributed by atoms with E-state index in [-0.39, 0.29) is 50.0 Å². The van der Waals surface area contributed by atoms with Crippen LogP contribution in [-0.2, 0) is 4.74 Å². The Balaban J connectivity index is 2.16. The monoisotopic (exact) mass is 485 g/mol. The van der Waals surface area contributed by atoms with Gasteiger partial charge >= 0.3 is 6.18 Å². The number of ether oxygens (including phenoxy) is 2. The topological polar surface area (TPSA) is 128 Å². The molecule has 34 heavy (non-hydrogen) atoms. The number of aliphatic hydroxyl groups excluding tert-OH is 1. The fourth-order valence-electron chi connectivity index (χ4n) is 2.63. The van der Waals surface area contributed by atoms with Crippen molar-refractivity contribution in [1.82, 2.24) is 25.6 Å². The number of unbranched alkanes of at least 4 members (excludes halogenated alkanes) is 1. The lowest BCUT2D eigenvalue weighted by Gasteiger charge is -2.13. The number of carbonyl (C=O) groups excluding carboxylic acids is 2. The first kappa shape index (κ1) is 26.8. The lowest BCUT2D eigenvalue weighted by atomic mass is 10.1. The minimum atomic E-state index is -4.54. The third-order valence-electron chi connectivity index (χ3n) is 4.22. The molecular formula is C21H26F3N5O5. The molecule has 0 unspecified atom stereocenters. The molecule has 0 radical (unpaired) electrons. The second kappa shape index (κ2) is 13.3. The summed E-state index contributed by atoms with van der Waals surface area (Å²) in [7, 11) is 0. The Bertz CT molecular complexity index is 965. The molecule has 186 valence electrons. The van der Waals surface area contributed by atoms with Crippen molar-refractivity contribution in [3.8, 4) is 11.4 Å². The number of benzene rings is 1. The third kappa shape index (κ3) is 8.83. The van der Waals surface area contributed by atoms with Crippen LogP contribution in [0.4, 0.5) is 13.2 Å². The van der Waals surface area contributed by atoms with Gasteiger partial charge in [0.05, 0.1) is 32.6 Å². The van der Waals surface area contributed by atoms with Gasteiger partial charge in [-0.05, 0) is 31.0 Å². The second-order valence-corrected chi connectivity index (χ2v) is 6.90. The molecule has 0 bridgehead atoms. The van der Waals surface area contributed by atoms with Gasteiger partial charge in [-0.3, -0.25) is 9.59 Å². The summed E-state index contributed by atoms with van der Waals surface area (Å²) in [5, 5.41) is 20.8. The van der Waals surface area contributed by atoms with Gasteiger partial charge in [0.15, 0.2) is 5.69 Å². The van der Waals surface area contributed by atoms with Crippen molar-refractivity contribution in [2.75, 3.05) is 39.5 Å². The van der Waals surface area contributed by atoms with Gasteiger partial charge in [-0.15, -0.1) is 11.7 Å². The number of rotatable bonds is 14. The standard InChI is InChI=1S/C21H26F3N5O5/c1-2-3-4-9-34-18-12-15(19(31)26-14-21(22,23)24)5-6-17(18)29-13-16(27-28-29)20(32)25-7-10-33-11-8-30/h2,5-6,12-13,30H,1,3-4,7-11,14H2,(H,25,32)(H,26,31). The molecule has 0 fully saturated rings. The number of aliphatic hydroxyl groups is 1. The maximum absolute atomic E-state index is 12.4. The van der Waals surface area contributed by atoms with Crippen molar-refractivity contribution in [2.45, 2.75) is 19.0 Å². The molecule has 0 atom stereocenters. The van der Waals surface area contributed by atoms with Crippen LogP contribution in [0.1, 0.15) is 33.7 Å². The Hall–Kier alpha value is -3.45. The van der Waals surface area contributed by atoms with E-state index in [1.54, 1.807) is 6.08 Å². The Morgan fingerprint density at radius 2 is 1.97 bits per heavy atom. The number of amides is 2. The molecule has 3 N–H and O–H groups in total. The molecule has 2 aromatic rings. The van der Waals surface area contributed by atoms with E-state index in [1.807, 2.05) is 5.32 Å². The van der Waals surface area contributed by atoms with Crippen molar-refractivity contribution in [3.05, 3.63) is 48.3 Å². The van der Waals surface area contributed by atoms with E-state index in [0.29, 0.717) is 18.5 Å². The zero-order chi connectivity index (χ0) is 25.0. The summed E-state index contributed by atoms with van der Waals surface area (Å²) in [6, 6.07) is 4.05. The Morgan fingerprint density at radius 3 is 2.68 bits per heavy atom. The molecule has 0 saturated heterocycles. The summed E-state index contributed by atoms with van der Waals surface area (Å²) in [4.78, 5) is 24.4. The van der Waals surface area contributed by atoms with E-state index in [2.05, 4.69) is 22.2 Å². The van der Waals surface area contributed by atoms with E-state index in [4.69, 9.17) is 14.6 Å². The molecule has 2 rings (SSSR count). The molecule has 0 aliphatic carbocycles. The molecule has 13 heteroatoms. The maximum atomic E-state index is 12.4. The average molecular weight is 485 g/mol. The van der Waals surface area contributed by atoms with Crippen molar-refractivity contribution < 1.29 is 37.3 Å². The predicted octanol–water partition coefficient (Wildman–Crippen LogP) is 1.64. The average Bonchev–Trinajstić information content (AvgIpc) is 3.29. The van der Waals surface area contributed by atoms with E-state index in [1.165, 1.54) is 29.1 Å². The van der Waals surface area contributed by atoms with Crippen molar-refractivity contribution in [2.24, 2.45) is 0 Å². The SMILES string of the molecule is C=CCCCOc1cc(C(=O)NCC(F)(F)F)ccc1-n1cc(C(=O)NCCOCCO)nn1. The molecule has 1 aromatic carbocycles. The van der Waals surface area contributed by atoms with E-state index < -0.39 is 24.5 Å². The maximum Gasteiger partial charge on any atom is 0.405 e. The minimum Gasteiger partial charge on any atom is -0.491 e. The van der Waals surface area contributed by atoms with Crippen molar-refractivity contribution in [3.63, 3.8) is 0 Å². The zero-order valence-electron chi connectivity index (χ0n) is 18.3. The smallest absolute Gasteiger partial charge is 0.405 e. The van der Waals surface area contributed by atoms with Crippen LogP contribution in [0.15, 0.2) is 37.1 Å². The van der Waals surface area contributed by atoms with Gasteiger partial charge in [-0.1, -0.05) is 11.3 Å². The molecular weight excluding hydrogens is 459 g/mol. The fraction of sp³-hybridized carbons (Fsp3) is 0.429. The molecule has 10 nitrogen and oxygen atoms in total. The van der Waals surface area contributed by atoms with Gasteiger partial charge in [-0.25, -0.2) is 4.68 Å². The Labute approximate surface area is 193 Å². The van der Waals surface area contributed by atoms with E-state index >= 15 is 0 Å². The quantitative estimate of drug-likeness (QED) is 0.274. The summed E-state index contributed by atoms with van der Waals surface area (Å²) in [5.74, 6) is -1.24. The van der Waals surface area contributed by atoms with Crippen LogP contribution in [0.25, 0.3) is 5.69 Å². The number of aromatic nitrogens is 3. The van der Waals surface area contributed by atoms with E-state index in [0.717, 1.165) is 0 Å². The Morgan fingerprint density at radius 1 is 1.18 bits per heavy atom. The zero-order valence-corrected chi connectivity index (χ0v) is 18.3. The number of alkyl halides is 3. The third-order valence-corrected chi connectivity index (χ3v) is 4.22. The summed E-state index contributed by atoms with van der Waals surface area (Å²) in [6.07, 6.45) is -0.183. The summed E-state index contributed by atoms with van der Waals surface area (Å²) >= 11 is 0. The predicted molar refractivity (Wildman–Crippen MR) is 115 cm³/mol. The van der Waals surface area contributed by atoms with Crippen LogP contribution in [-0.4, -0.2) is 77.6 Å². The van der Waals surface area contributed by atoms with Gasteiger partial charge in [-0.2, -0.15) is 13.2 Å². The number of allylic oxidation sites excluding steroid dienone is 1. The van der Waals surface area contributed by atoms with Crippen LogP contribution in [0.3, 0.4) is 0 Å².